The highest BCUT2D eigenvalue weighted by Crippen LogP contribution is 2.21. The fourth-order valence-electron chi connectivity index (χ4n) is 2.66. The Kier molecular flexibility index (Phi) is 5.02. The molecule has 1 atom stereocenters. The third-order valence-electron chi connectivity index (χ3n) is 3.96. The van der Waals surface area contributed by atoms with Gasteiger partial charge in [-0.05, 0) is 35.7 Å². The molecule has 0 saturated carbocycles. The average Bonchev–Trinajstić information content (AvgIpc) is 2.63. The van der Waals surface area contributed by atoms with Crippen LogP contribution in [0, 0.1) is 6.92 Å². The van der Waals surface area contributed by atoms with E-state index >= 15 is 0 Å². The molecule has 1 N–H and O–H groups in total. The highest BCUT2D eigenvalue weighted by atomic mass is 16.1. The van der Waals surface area contributed by atoms with Gasteiger partial charge in [-0.15, -0.1) is 0 Å². The molecule has 1 aromatic heterocycles. The largest absolute Gasteiger partial charge is 0.345 e. The number of amides is 1. The second-order valence-corrected chi connectivity index (χ2v) is 5.85. The lowest BCUT2D eigenvalue weighted by atomic mass is 9.99. The second kappa shape index (κ2) is 7.55. The van der Waals surface area contributed by atoms with Gasteiger partial charge in [0, 0.05) is 12.4 Å². The molecule has 3 aromatic rings. The Morgan fingerprint density at radius 3 is 2.21 bits per heavy atom. The molecule has 0 bridgehead atoms. The number of rotatable bonds is 5. The molecule has 0 aliphatic heterocycles. The number of aromatic nitrogens is 1. The number of carbonyl (C=O) groups excluding carboxylic acids is 1. The van der Waals surface area contributed by atoms with Gasteiger partial charge in [-0.3, -0.25) is 9.78 Å². The molecule has 1 heterocycles. The minimum Gasteiger partial charge on any atom is -0.345 e. The van der Waals surface area contributed by atoms with Crippen LogP contribution in [0.1, 0.15) is 28.3 Å². The van der Waals surface area contributed by atoms with Gasteiger partial charge in [-0.1, -0.05) is 60.2 Å². The summed E-state index contributed by atoms with van der Waals surface area (Å²) >= 11 is 0. The van der Waals surface area contributed by atoms with E-state index in [4.69, 9.17) is 0 Å². The summed E-state index contributed by atoms with van der Waals surface area (Å²) in [5.41, 5.74) is 4.28. The quantitative estimate of drug-likeness (QED) is 0.777. The standard InChI is InChI=1S/C21H20N2O/c1-16-7-9-17(10-8-16)15-20(24)23-21(18-5-3-2-4-6-18)19-11-13-22-14-12-19/h2-14,21H,15H2,1H3,(H,23,24). The molecule has 1 amide bonds. The van der Waals surface area contributed by atoms with Gasteiger partial charge in [0.1, 0.15) is 0 Å². The Hall–Kier alpha value is -2.94. The van der Waals surface area contributed by atoms with E-state index in [1.807, 2.05) is 73.7 Å². The van der Waals surface area contributed by atoms with Crippen molar-refractivity contribution in [3.63, 3.8) is 0 Å². The van der Waals surface area contributed by atoms with Crippen molar-refractivity contribution in [3.8, 4) is 0 Å². The lowest BCUT2D eigenvalue weighted by Gasteiger charge is -2.20. The van der Waals surface area contributed by atoms with Crippen LogP contribution in [-0.2, 0) is 11.2 Å². The maximum Gasteiger partial charge on any atom is 0.225 e. The van der Waals surface area contributed by atoms with Gasteiger partial charge in [-0.2, -0.15) is 0 Å². The van der Waals surface area contributed by atoms with Gasteiger partial charge < -0.3 is 5.32 Å². The molecule has 0 aliphatic carbocycles. The monoisotopic (exact) mass is 316 g/mol. The summed E-state index contributed by atoms with van der Waals surface area (Å²) in [4.78, 5) is 16.6. The van der Waals surface area contributed by atoms with E-state index in [1.165, 1.54) is 5.56 Å². The average molecular weight is 316 g/mol. The predicted molar refractivity (Wildman–Crippen MR) is 95.5 cm³/mol. The zero-order valence-electron chi connectivity index (χ0n) is 13.6. The van der Waals surface area contributed by atoms with Crippen molar-refractivity contribution in [2.75, 3.05) is 0 Å². The van der Waals surface area contributed by atoms with Crippen molar-refractivity contribution in [2.45, 2.75) is 19.4 Å². The molecular weight excluding hydrogens is 296 g/mol. The molecular formula is C21H20N2O. The number of benzene rings is 2. The minimum absolute atomic E-state index is 0.00418. The van der Waals surface area contributed by atoms with Crippen LogP contribution in [0.2, 0.25) is 0 Å². The molecule has 0 radical (unpaired) electrons. The summed E-state index contributed by atoms with van der Waals surface area (Å²) in [5, 5.41) is 3.15. The molecule has 3 heteroatoms. The van der Waals surface area contributed by atoms with Crippen LogP contribution in [0.4, 0.5) is 0 Å². The molecule has 0 fully saturated rings. The summed E-state index contributed by atoms with van der Waals surface area (Å²) in [6.45, 7) is 2.04. The highest BCUT2D eigenvalue weighted by Gasteiger charge is 2.16. The number of pyridine rings is 1. The Morgan fingerprint density at radius 2 is 1.54 bits per heavy atom. The van der Waals surface area contributed by atoms with Gasteiger partial charge in [0.25, 0.3) is 0 Å². The highest BCUT2D eigenvalue weighted by molar-refractivity contribution is 5.79. The van der Waals surface area contributed by atoms with Gasteiger partial charge in [0.2, 0.25) is 5.91 Å². The van der Waals surface area contributed by atoms with E-state index in [0.29, 0.717) is 6.42 Å². The minimum atomic E-state index is -0.174. The van der Waals surface area contributed by atoms with E-state index < -0.39 is 0 Å². The van der Waals surface area contributed by atoms with E-state index in [2.05, 4.69) is 10.3 Å². The molecule has 0 spiro atoms. The van der Waals surface area contributed by atoms with Crippen LogP contribution in [0.5, 0.6) is 0 Å². The normalized spacial score (nSPS) is 11.7. The van der Waals surface area contributed by atoms with Gasteiger partial charge >= 0.3 is 0 Å². The van der Waals surface area contributed by atoms with Crippen molar-refractivity contribution in [2.24, 2.45) is 0 Å². The second-order valence-electron chi connectivity index (χ2n) is 5.85. The smallest absolute Gasteiger partial charge is 0.225 e. The molecule has 0 aliphatic rings. The van der Waals surface area contributed by atoms with Crippen LogP contribution in [0.15, 0.2) is 79.1 Å². The summed E-state index contributed by atoms with van der Waals surface area (Å²) in [6.07, 6.45) is 3.86. The molecule has 0 saturated heterocycles. The molecule has 120 valence electrons. The Bertz CT molecular complexity index is 744. The number of nitrogens with zero attached hydrogens (tertiary/aromatic N) is 1. The molecule has 24 heavy (non-hydrogen) atoms. The Labute approximate surface area is 142 Å². The first-order chi connectivity index (χ1) is 11.7. The summed E-state index contributed by atoms with van der Waals surface area (Å²) < 4.78 is 0. The van der Waals surface area contributed by atoms with Crippen molar-refractivity contribution in [3.05, 3.63) is 101 Å². The van der Waals surface area contributed by atoms with E-state index in [-0.39, 0.29) is 11.9 Å². The lowest BCUT2D eigenvalue weighted by Crippen LogP contribution is -2.30. The van der Waals surface area contributed by atoms with Crippen molar-refractivity contribution in [1.82, 2.24) is 10.3 Å². The first-order valence-electron chi connectivity index (χ1n) is 8.02. The Morgan fingerprint density at radius 1 is 0.917 bits per heavy atom. The number of carbonyl (C=O) groups is 1. The summed E-state index contributed by atoms with van der Waals surface area (Å²) in [6, 6.07) is 21.7. The van der Waals surface area contributed by atoms with E-state index in [1.54, 1.807) is 12.4 Å². The zero-order chi connectivity index (χ0) is 16.8. The first kappa shape index (κ1) is 15.9. The number of hydrogen-bond donors (Lipinski definition) is 1. The van der Waals surface area contributed by atoms with Crippen LogP contribution in [0.25, 0.3) is 0 Å². The van der Waals surface area contributed by atoms with Crippen molar-refractivity contribution < 1.29 is 4.79 Å². The predicted octanol–water partition coefficient (Wildman–Crippen LogP) is 3.84. The van der Waals surface area contributed by atoms with Gasteiger partial charge in [0.15, 0.2) is 0 Å². The van der Waals surface area contributed by atoms with Crippen LogP contribution >= 0.6 is 0 Å². The fraction of sp³-hybridized carbons (Fsp3) is 0.143. The molecule has 3 rings (SSSR count). The van der Waals surface area contributed by atoms with Crippen LogP contribution < -0.4 is 5.32 Å². The van der Waals surface area contributed by atoms with Crippen molar-refractivity contribution >= 4 is 5.91 Å². The van der Waals surface area contributed by atoms with Gasteiger partial charge in [0.05, 0.1) is 12.5 Å². The molecule has 1 unspecified atom stereocenters. The number of aryl methyl sites for hydroxylation is 1. The van der Waals surface area contributed by atoms with Gasteiger partial charge in [-0.25, -0.2) is 0 Å². The fourth-order valence-corrected chi connectivity index (χ4v) is 2.66. The first-order valence-corrected chi connectivity index (χ1v) is 8.02. The summed E-state index contributed by atoms with van der Waals surface area (Å²) in [7, 11) is 0. The van der Waals surface area contributed by atoms with Crippen LogP contribution in [0.3, 0.4) is 0 Å². The van der Waals surface area contributed by atoms with E-state index in [9.17, 15) is 4.79 Å². The molecule has 3 nitrogen and oxygen atoms in total. The third-order valence-corrected chi connectivity index (χ3v) is 3.96. The summed E-state index contributed by atoms with van der Waals surface area (Å²) in [5.74, 6) is 0.00418. The van der Waals surface area contributed by atoms with Crippen LogP contribution in [-0.4, -0.2) is 10.9 Å². The number of nitrogens with one attached hydrogen (secondary N) is 1. The lowest BCUT2D eigenvalue weighted by molar-refractivity contribution is -0.120. The van der Waals surface area contributed by atoms with E-state index in [0.717, 1.165) is 16.7 Å². The SMILES string of the molecule is Cc1ccc(CC(=O)NC(c2ccccc2)c2ccncc2)cc1. The topological polar surface area (TPSA) is 42.0 Å². The maximum absolute atomic E-state index is 12.5. The zero-order valence-corrected chi connectivity index (χ0v) is 13.6. The van der Waals surface area contributed by atoms with Crippen molar-refractivity contribution in [1.29, 1.82) is 0 Å². The molecule has 2 aromatic carbocycles. The third kappa shape index (κ3) is 4.07. The number of hydrogen-bond acceptors (Lipinski definition) is 2. The Balaban J connectivity index is 1.79. The maximum atomic E-state index is 12.5.